The monoisotopic (exact) mass is 250 g/mol. The lowest BCUT2D eigenvalue weighted by Gasteiger charge is -2.27. The second-order valence-electron chi connectivity index (χ2n) is 4.61. The van der Waals surface area contributed by atoms with Gasteiger partial charge >= 0.3 is 0 Å². The van der Waals surface area contributed by atoms with Crippen LogP contribution < -0.4 is 10.6 Å². The highest BCUT2D eigenvalue weighted by atomic mass is 32.1. The Morgan fingerprint density at radius 3 is 3.00 bits per heavy atom. The molecule has 0 saturated carbocycles. The van der Waals surface area contributed by atoms with Crippen molar-refractivity contribution in [2.75, 3.05) is 11.9 Å². The van der Waals surface area contributed by atoms with E-state index in [2.05, 4.69) is 21.8 Å². The first-order valence-electron chi connectivity index (χ1n) is 5.93. The molecule has 0 saturated heterocycles. The summed E-state index contributed by atoms with van der Waals surface area (Å²) in [5.74, 6) is 1.04. The molecule has 2 rings (SSSR count). The Hall–Kier alpha value is -1.23. The van der Waals surface area contributed by atoms with Crippen LogP contribution in [0.15, 0.2) is 6.33 Å². The Morgan fingerprint density at radius 2 is 2.29 bits per heavy atom. The molecule has 1 aliphatic carbocycles. The third kappa shape index (κ3) is 2.54. The lowest BCUT2D eigenvalue weighted by atomic mass is 10.1. The quantitative estimate of drug-likeness (QED) is 0.820. The molecule has 1 unspecified atom stereocenters. The van der Waals surface area contributed by atoms with Crippen LogP contribution in [-0.4, -0.2) is 28.0 Å². The van der Waals surface area contributed by atoms with Gasteiger partial charge in [-0.1, -0.05) is 12.2 Å². The summed E-state index contributed by atoms with van der Waals surface area (Å²) in [6.45, 7) is 2.11. The standard InChI is InChI=1S/C12H18N4S/c1-8(6-11(13)17)16(2)12-9-4-3-5-10(9)14-7-15-12/h7-8H,3-6H2,1-2H3,(H2,13,17). The van der Waals surface area contributed by atoms with Crippen LogP contribution in [0.2, 0.25) is 0 Å². The molecule has 1 aromatic rings. The minimum atomic E-state index is 0.270. The van der Waals surface area contributed by atoms with Crippen molar-refractivity contribution in [2.24, 2.45) is 5.73 Å². The van der Waals surface area contributed by atoms with E-state index in [1.807, 2.05) is 7.05 Å². The average Bonchev–Trinajstić information content (AvgIpc) is 2.74. The van der Waals surface area contributed by atoms with Crippen LogP contribution in [0.4, 0.5) is 5.82 Å². The number of thiocarbonyl (C=S) groups is 1. The fraction of sp³-hybridized carbons (Fsp3) is 0.583. The largest absolute Gasteiger partial charge is 0.393 e. The average molecular weight is 250 g/mol. The van der Waals surface area contributed by atoms with Crippen molar-refractivity contribution in [2.45, 2.75) is 38.6 Å². The first kappa shape index (κ1) is 12.2. The van der Waals surface area contributed by atoms with Crippen molar-refractivity contribution >= 4 is 23.0 Å². The normalized spacial score (nSPS) is 15.4. The Kier molecular flexibility index (Phi) is 3.57. The van der Waals surface area contributed by atoms with E-state index in [1.54, 1.807) is 6.33 Å². The molecule has 0 bridgehead atoms. The van der Waals surface area contributed by atoms with Gasteiger partial charge in [-0.15, -0.1) is 0 Å². The minimum absolute atomic E-state index is 0.270. The topological polar surface area (TPSA) is 55.0 Å². The van der Waals surface area contributed by atoms with E-state index >= 15 is 0 Å². The number of nitrogens with two attached hydrogens (primary N) is 1. The van der Waals surface area contributed by atoms with E-state index in [-0.39, 0.29) is 6.04 Å². The number of nitrogens with zero attached hydrogens (tertiary/aromatic N) is 3. The van der Waals surface area contributed by atoms with Crippen LogP contribution in [0.25, 0.3) is 0 Å². The highest BCUT2D eigenvalue weighted by Crippen LogP contribution is 2.28. The van der Waals surface area contributed by atoms with E-state index in [1.165, 1.54) is 17.7 Å². The van der Waals surface area contributed by atoms with Crippen molar-refractivity contribution in [3.05, 3.63) is 17.6 Å². The predicted molar refractivity (Wildman–Crippen MR) is 73.3 cm³/mol. The van der Waals surface area contributed by atoms with Crippen LogP contribution in [0.3, 0.4) is 0 Å². The zero-order valence-electron chi connectivity index (χ0n) is 10.3. The Labute approximate surface area is 107 Å². The maximum absolute atomic E-state index is 5.59. The van der Waals surface area contributed by atoms with Crippen LogP contribution in [0.5, 0.6) is 0 Å². The fourth-order valence-electron chi connectivity index (χ4n) is 2.28. The van der Waals surface area contributed by atoms with E-state index in [0.717, 1.165) is 18.7 Å². The number of fused-ring (bicyclic) bond motifs is 1. The molecule has 0 fully saturated rings. The van der Waals surface area contributed by atoms with Gasteiger partial charge in [-0.2, -0.15) is 0 Å². The third-order valence-electron chi connectivity index (χ3n) is 3.34. The Bertz CT molecular complexity index is 433. The molecule has 0 spiro atoms. The molecule has 0 amide bonds. The van der Waals surface area contributed by atoms with Crippen molar-refractivity contribution in [1.82, 2.24) is 9.97 Å². The van der Waals surface area contributed by atoms with E-state index in [0.29, 0.717) is 11.4 Å². The van der Waals surface area contributed by atoms with Gasteiger partial charge in [0.25, 0.3) is 0 Å². The van der Waals surface area contributed by atoms with Gasteiger partial charge < -0.3 is 10.6 Å². The summed E-state index contributed by atoms with van der Waals surface area (Å²) >= 11 is 4.96. The second kappa shape index (κ2) is 4.96. The number of hydrogen-bond donors (Lipinski definition) is 1. The van der Waals surface area contributed by atoms with Crippen molar-refractivity contribution < 1.29 is 0 Å². The molecular weight excluding hydrogens is 232 g/mol. The van der Waals surface area contributed by atoms with E-state index in [4.69, 9.17) is 18.0 Å². The molecular formula is C12H18N4S. The highest BCUT2D eigenvalue weighted by Gasteiger charge is 2.21. The smallest absolute Gasteiger partial charge is 0.135 e. The summed E-state index contributed by atoms with van der Waals surface area (Å²) < 4.78 is 0. The maximum atomic E-state index is 5.59. The Morgan fingerprint density at radius 1 is 1.53 bits per heavy atom. The first-order valence-corrected chi connectivity index (χ1v) is 6.34. The summed E-state index contributed by atoms with van der Waals surface area (Å²) in [5.41, 5.74) is 8.09. The number of aromatic nitrogens is 2. The van der Waals surface area contributed by atoms with E-state index in [9.17, 15) is 0 Å². The van der Waals surface area contributed by atoms with Gasteiger partial charge in [0.15, 0.2) is 0 Å². The van der Waals surface area contributed by atoms with Gasteiger partial charge in [-0.3, -0.25) is 0 Å². The van der Waals surface area contributed by atoms with E-state index < -0.39 is 0 Å². The molecule has 17 heavy (non-hydrogen) atoms. The zero-order chi connectivity index (χ0) is 12.4. The van der Waals surface area contributed by atoms with Crippen molar-refractivity contribution in [1.29, 1.82) is 0 Å². The lowest BCUT2D eigenvalue weighted by molar-refractivity contribution is 0.699. The van der Waals surface area contributed by atoms with Crippen molar-refractivity contribution in [3.63, 3.8) is 0 Å². The number of rotatable bonds is 4. The third-order valence-corrected chi connectivity index (χ3v) is 3.51. The molecule has 2 N–H and O–H groups in total. The van der Waals surface area contributed by atoms with Crippen LogP contribution in [-0.2, 0) is 12.8 Å². The van der Waals surface area contributed by atoms with Crippen LogP contribution >= 0.6 is 12.2 Å². The molecule has 0 aliphatic heterocycles. The molecule has 1 aliphatic rings. The second-order valence-corrected chi connectivity index (χ2v) is 5.13. The SMILES string of the molecule is CC(CC(N)=S)N(C)c1ncnc2c1CCC2. The summed E-state index contributed by atoms with van der Waals surface area (Å²) in [5, 5.41) is 0. The molecule has 92 valence electrons. The molecule has 0 radical (unpaired) electrons. The van der Waals surface area contributed by atoms with Crippen molar-refractivity contribution in [3.8, 4) is 0 Å². The number of hydrogen-bond acceptors (Lipinski definition) is 4. The molecule has 4 nitrogen and oxygen atoms in total. The fourth-order valence-corrected chi connectivity index (χ4v) is 2.52. The zero-order valence-corrected chi connectivity index (χ0v) is 11.1. The van der Waals surface area contributed by atoms with Gasteiger partial charge in [0, 0.05) is 30.8 Å². The first-order chi connectivity index (χ1) is 8.09. The van der Waals surface area contributed by atoms with Gasteiger partial charge in [-0.25, -0.2) is 9.97 Å². The Balaban J connectivity index is 2.22. The maximum Gasteiger partial charge on any atom is 0.135 e. The molecule has 5 heteroatoms. The highest BCUT2D eigenvalue weighted by molar-refractivity contribution is 7.80. The molecule has 1 aromatic heterocycles. The number of anilines is 1. The summed E-state index contributed by atoms with van der Waals surface area (Å²) in [7, 11) is 2.05. The van der Waals surface area contributed by atoms with Crippen LogP contribution in [0.1, 0.15) is 31.0 Å². The molecule has 0 aromatic carbocycles. The molecule has 1 atom stereocenters. The van der Waals surface area contributed by atoms with Gasteiger partial charge in [0.2, 0.25) is 0 Å². The van der Waals surface area contributed by atoms with Crippen LogP contribution in [0, 0.1) is 0 Å². The predicted octanol–water partition coefficient (Wildman–Crippen LogP) is 1.47. The summed E-state index contributed by atoms with van der Waals surface area (Å²) in [4.78, 5) is 11.5. The van der Waals surface area contributed by atoms with Gasteiger partial charge in [0.05, 0.1) is 4.99 Å². The summed E-state index contributed by atoms with van der Waals surface area (Å²) in [6.07, 6.45) is 5.70. The van der Waals surface area contributed by atoms with Gasteiger partial charge in [-0.05, 0) is 26.2 Å². The van der Waals surface area contributed by atoms with Gasteiger partial charge in [0.1, 0.15) is 12.1 Å². The number of aryl methyl sites for hydroxylation is 1. The summed E-state index contributed by atoms with van der Waals surface area (Å²) in [6, 6.07) is 0.270. The molecule has 1 heterocycles. The minimum Gasteiger partial charge on any atom is -0.393 e. The lowest BCUT2D eigenvalue weighted by Crippen LogP contribution is -2.33.